The van der Waals surface area contributed by atoms with Crippen molar-refractivity contribution in [1.82, 2.24) is 9.80 Å². The second-order valence-electron chi connectivity index (χ2n) is 7.13. The molecule has 1 aliphatic rings. The second-order valence-corrected chi connectivity index (χ2v) is 7.13. The molecule has 0 bridgehead atoms. The predicted molar refractivity (Wildman–Crippen MR) is 103 cm³/mol. The molecular formula is C22H25FN2O2. The summed E-state index contributed by atoms with van der Waals surface area (Å²) in [4.78, 5) is 15.9. The Labute approximate surface area is 159 Å². The Kier molecular flexibility index (Phi) is 5.94. The third-order valence-electron chi connectivity index (χ3n) is 5.04. The lowest BCUT2D eigenvalue weighted by molar-refractivity contribution is 0.0285. The van der Waals surface area contributed by atoms with E-state index in [1.165, 1.54) is 12.1 Å². The van der Waals surface area contributed by atoms with Gasteiger partial charge in [0.05, 0.1) is 6.04 Å². The van der Waals surface area contributed by atoms with E-state index in [-0.39, 0.29) is 17.9 Å². The molecule has 27 heavy (non-hydrogen) atoms. The van der Waals surface area contributed by atoms with E-state index in [1.54, 1.807) is 12.1 Å². The summed E-state index contributed by atoms with van der Waals surface area (Å²) in [6.45, 7) is 7.82. The first kappa shape index (κ1) is 19.2. The second kappa shape index (κ2) is 8.38. The summed E-state index contributed by atoms with van der Waals surface area (Å²) in [5.74, 6) is 2.68. The number of carbonyl (C=O) groups excluding carboxylic acids is 1. The molecule has 0 saturated carbocycles. The van der Waals surface area contributed by atoms with Gasteiger partial charge in [-0.3, -0.25) is 4.90 Å². The van der Waals surface area contributed by atoms with Crippen molar-refractivity contribution in [2.45, 2.75) is 39.4 Å². The number of halogens is 1. The van der Waals surface area contributed by atoms with E-state index >= 15 is 0 Å². The van der Waals surface area contributed by atoms with Crippen LogP contribution in [0, 0.1) is 12.7 Å². The Bertz CT molecular complexity index is 830. The summed E-state index contributed by atoms with van der Waals surface area (Å²) < 4.78 is 19.1. The van der Waals surface area contributed by atoms with Gasteiger partial charge in [-0.2, -0.15) is 0 Å². The molecule has 1 heterocycles. The van der Waals surface area contributed by atoms with E-state index in [2.05, 4.69) is 17.8 Å². The van der Waals surface area contributed by atoms with E-state index in [9.17, 15) is 9.18 Å². The maximum absolute atomic E-state index is 13.1. The highest BCUT2D eigenvalue weighted by molar-refractivity contribution is 5.54. The fourth-order valence-corrected chi connectivity index (χ4v) is 3.44. The van der Waals surface area contributed by atoms with Crippen LogP contribution in [0.25, 0.3) is 0 Å². The third kappa shape index (κ3) is 4.57. The maximum Gasteiger partial charge on any atom is 0.147 e. The van der Waals surface area contributed by atoms with Crippen LogP contribution in [0.15, 0.2) is 54.2 Å². The minimum Gasteiger partial charge on any atom is -0.478 e. The molecule has 0 N–H and O–H groups in total. The van der Waals surface area contributed by atoms with Crippen LogP contribution in [0.5, 0.6) is 5.75 Å². The summed E-state index contributed by atoms with van der Waals surface area (Å²) in [5.41, 5.74) is 2.71. The van der Waals surface area contributed by atoms with Crippen molar-refractivity contribution < 1.29 is 13.9 Å². The lowest BCUT2D eigenvalue weighted by atomic mass is 10.0. The normalized spacial score (nSPS) is 20.4. The molecule has 2 aromatic carbocycles. The first-order chi connectivity index (χ1) is 13.0. The van der Waals surface area contributed by atoms with E-state index in [0.29, 0.717) is 19.0 Å². The minimum atomic E-state index is -0.260. The van der Waals surface area contributed by atoms with Crippen LogP contribution in [0.2, 0.25) is 0 Å². The molecule has 2 atom stereocenters. The van der Waals surface area contributed by atoms with Gasteiger partial charge in [0.15, 0.2) is 0 Å². The molecule has 0 aliphatic carbocycles. The molecule has 0 amide bonds. The van der Waals surface area contributed by atoms with Crippen molar-refractivity contribution in [2.24, 2.45) is 0 Å². The molecule has 1 saturated heterocycles. The standard InChI is InChI=1S/C22H25FN2O2/c1-16-5-4-6-21(11-16)27-15-24-12-17(2)25(22(14-26)18(24)3)13-19-7-9-20(23)10-8-19/h4-11,17-18H,12-13,15H2,1-3H3/t17-,18+/m1/s1. The molecule has 0 radical (unpaired) electrons. The van der Waals surface area contributed by atoms with Gasteiger partial charge in [0.25, 0.3) is 0 Å². The molecule has 1 aliphatic heterocycles. The Morgan fingerprint density at radius 1 is 1.19 bits per heavy atom. The number of hydrogen-bond acceptors (Lipinski definition) is 4. The number of benzene rings is 2. The quantitative estimate of drug-likeness (QED) is 0.752. The van der Waals surface area contributed by atoms with Gasteiger partial charge >= 0.3 is 0 Å². The van der Waals surface area contributed by atoms with Gasteiger partial charge < -0.3 is 9.64 Å². The van der Waals surface area contributed by atoms with E-state index < -0.39 is 0 Å². The van der Waals surface area contributed by atoms with Crippen molar-refractivity contribution in [2.75, 3.05) is 13.3 Å². The number of piperazine rings is 1. The molecular weight excluding hydrogens is 343 g/mol. The lowest BCUT2D eigenvalue weighted by Gasteiger charge is -2.45. The fraction of sp³-hybridized carbons (Fsp3) is 0.364. The number of ether oxygens (including phenoxy) is 1. The zero-order valence-corrected chi connectivity index (χ0v) is 16.0. The molecule has 0 spiro atoms. The first-order valence-electron chi connectivity index (χ1n) is 9.17. The fourth-order valence-electron chi connectivity index (χ4n) is 3.44. The molecule has 2 aromatic rings. The Morgan fingerprint density at radius 2 is 1.93 bits per heavy atom. The van der Waals surface area contributed by atoms with Crippen molar-refractivity contribution in [3.05, 3.63) is 71.2 Å². The van der Waals surface area contributed by atoms with Gasteiger partial charge in [-0.15, -0.1) is 0 Å². The largest absolute Gasteiger partial charge is 0.478 e. The van der Waals surface area contributed by atoms with Crippen molar-refractivity contribution in [3.8, 4) is 5.75 Å². The highest BCUT2D eigenvalue weighted by Gasteiger charge is 2.34. The average Bonchev–Trinajstić information content (AvgIpc) is 2.65. The van der Waals surface area contributed by atoms with Crippen LogP contribution in [-0.2, 0) is 11.3 Å². The van der Waals surface area contributed by atoms with Gasteiger partial charge in [-0.05, 0) is 56.2 Å². The zero-order chi connectivity index (χ0) is 19.4. The molecule has 142 valence electrons. The van der Waals surface area contributed by atoms with Crippen LogP contribution >= 0.6 is 0 Å². The molecule has 5 heteroatoms. The van der Waals surface area contributed by atoms with Gasteiger partial charge in [0, 0.05) is 19.1 Å². The Hall–Kier alpha value is -2.62. The summed E-state index contributed by atoms with van der Waals surface area (Å²) in [7, 11) is 0. The topological polar surface area (TPSA) is 32.8 Å². The molecule has 1 fully saturated rings. The number of aryl methyl sites for hydroxylation is 1. The Balaban J connectivity index is 1.69. The summed E-state index contributed by atoms with van der Waals surface area (Å²) in [6, 6.07) is 14.3. The van der Waals surface area contributed by atoms with Crippen LogP contribution in [-0.4, -0.2) is 41.1 Å². The highest BCUT2D eigenvalue weighted by atomic mass is 19.1. The first-order valence-corrected chi connectivity index (χ1v) is 9.17. The highest BCUT2D eigenvalue weighted by Crippen LogP contribution is 2.26. The lowest BCUT2D eigenvalue weighted by Crippen LogP contribution is -2.55. The van der Waals surface area contributed by atoms with E-state index in [0.717, 1.165) is 23.4 Å². The number of rotatable bonds is 5. The van der Waals surface area contributed by atoms with Crippen molar-refractivity contribution >= 4 is 5.94 Å². The van der Waals surface area contributed by atoms with E-state index in [4.69, 9.17) is 4.74 Å². The van der Waals surface area contributed by atoms with Crippen molar-refractivity contribution in [3.63, 3.8) is 0 Å². The number of nitrogens with zero attached hydrogens (tertiary/aromatic N) is 2. The molecule has 3 rings (SSSR count). The smallest absolute Gasteiger partial charge is 0.147 e. The van der Waals surface area contributed by atoms with Gasteiger partial charge in [-0.25, -0.2) is 9.18 Å². The molecule has 0 unspecified atom stereocenters. The van der Waals surface area contributed by atoms with Gasteiger partial charge in [0.2, 0.25) is 0 Å². The molecule has 4 nitrogen and oxygen atoms in total. The van der Waals surface area contributed by atoms with Crippen LogP contribution in [0.1, 0.15) is 25.0 Å². The average molecular weight is 368 g/mol. The summed E-state index contributed by atoms with van der Waals surface area (Å²) in [6.07, 6.45) is 0. The van der Waals surface area contributed by atoms with Crippen LogP contribution in [0.4, 0.5) is 4.39 Å². The zero-order valence-electron chi connectivity index (χ0n) is 16.0. The molecule has 0 aromatic heterocycles. The van der Waals surface area contributed by atoms with Crippen LogP contribution < -0.4 is 4.74 Å². The maximum atomic E-state index is 13.1. The van der Waals surface area contributed by atoms with Crippen molar-refractivity contribution in [1.29, 1.82) is 0 Å². The summed E-state index contributed by atoms with van der Waals surface area (Å²) in [5, 5.41) is 0. The Morgan fingerprint density at radius 3 is 2.59 bits per heavy atom. The third-order valence-corrected chi connectivity index (χ3v) is 5.04. The summed E-state index contributed by atoms with van der Waals surface area (Å²) >= 11 is 0. The van der Waals surface area contributed by atoms with E-state index in [1.807, 2.05) is 43.0 Å². The van der Waals surface area contributed by atoms with Gasteiger partial charge in [0.1, 0.15) is 29.9 Å². The SMILES string of the molecule is Cc1cccc(OCN2C[C@@H](C)N(Cc3ccc(F)cc3)C(=C=O)[C@@H]2C)c1. The van der Waals surface area contributed by atoms with Crippen LogP contribution in [0.3, 0.4) is 0 Å². The predicted octanol–water partition coefficient (Wildman–Crippen LogP) is 3.78. The monoisotopic (exact) mass is 368 g/mol. The van der Waals surface area contributed by atoms with Gasteiger partial charge in [-0.1, -0.05) is 24.3 Å². The minimum absolute atomic E-state index is 0.107. The number of hydrogen-bond donors (Lipinski definition) is 0.